The lowest BCUT2D eigenvalue weighted by atomic mass is 10.2. The number of nitrogens with zero attached hydrogens (tertiary/aromatic N) is 1. The van der Waals surface area contributed by atoms with Gasteiger partial charge in [0, 0.05) is 10.5 Å². The molecule has 1 heterocycles. The maximum absolute atomic E-state index is 13.0. The van der Waals surface area contributed by atoms with Gasteiger partial charge in [-0.15, -0.1) is 0 Å². The van der Waals surface area contributed by atoms with E-state index in [2.05, 4.69) is 20.9 Å². The zero-order valence-corrected chi connectivity index (χ0v) is 12.6. The highest BCUT2D eigenvalue weighted by atomic mass is 79.9. The summed E-state index contributed by atoms with van der Waals surface area (Å²) in [7, 11) is 0. The van der Waals surface area contributed by atoms with Crippen molar-refractivity contribution in [2.24, 2.45) is 0 Å². The Morgan fingerprint density at radius 3 is 2.65 bits per heavy atom. The molecule has 0 saturated carbocycles. The molecule has 1 N–H and O–H groups in total. The van der Waals surface area contributed by atoms with Gasteiger partial charge in [0.1, 0.15) is 17.1 Å². The first-order valence-electron chi connectivity index (χ1n) is 5.09. The third-order valence-electron chi connectivity index (χ3n) is 2.23. The Hall–Kier alpha value is -1.37. The number of ether oxygens (including phenoxy) is 1. The summed E-state index contributed by atoms with van der Waals surface area (Å²) in [6.07, 6.45) is 0.843. The van der Waals surface area contributed by atoms with E-state index in [1.165, 1.54) is 12.1 Å². The standard InChI is InChI=1S/C12H5BrCl2FNO3/c13-7-2-9(15)10(3-8(7)14)20-11-6(12(18)19)1-5(16)4-17-11/h1-4H,(H,18,19). The van der Waals surface area contributed by atoms with Gasteiger partial charge < -0.3 is 9.84 Å². The lowest BCUT2D eigenvalue weighted by Crippen LogP contribution is -2.03. The summed E-state index contributed by atoms with van der Waals surface area (Å²) in [4.78, 5) is 14.6. The molecule has 0 fully saturated rings. The van der Waals surface area contributed by atoms with Crippen LogP contribution in [-0.4, -0.2) is 16.1 Å². The molecule has 0 aliphatic rings. The zero-order chi connectivity index (χ0) is 14.9. The second kappa shape index (κ2) is 5.95. The van der Waals surface area contributed by atoms with Crippen molar-refractivity contribution >= 4 is 45.1 Å². The molecule has 20 heavy (non-hydrogen) atoms. The molecule has 4 nitrogen and oxygen atoms in total. The highest BCUT2D eigenvalue weighted by Crippen LogP contribution is 2.36. The molecule has 0 aliphatic heterocycles. The summed E-state index contributed by atoms with van der Waals surface area (Å²) in [6.45, 7) is 0. The van der Waals surface area contributed by atoms with Gasteiger partial charge in [-0.3, -0.25) is 0 Å². The summed E-state index contributed by atoms with van der Waals surface area (Å²) in [5, 5.41) is 9.50. The maximum Gasteiger partial charge on any atom is 0.341 e. The van der Waals surface area contributed by atoms with Crippen molar-refractivity contribution in [2.45, 2.75) is 0 Å². The van der Waals surface area contributed by atoms with E-state index in [0.29, 0.717) is 9.50 Å². The third kappa shape index (κ3) is 3.20. The van der Waals surface area contributed by atoms with Crippen LogP contribution in [0, 0.1) is 5.82 Å². The second-order valence-corrected chi connectivity index (χ2v) is 5.28. The van der Waals surface area contributed by atoms with Crippen LogP contribution >= 0.6 is 39.1 Å². The van der Waals surface area contributed by atoms with Crippen molar-refractivity contribution in [3.05, 3.63) is 50.3 Å². The maximum atomic E-state index is 13.0. The van der Waals surface area contributed by atoms with Crippen LogP contribution in [0.3, 0.4) is 0 Å². The van der Waals surface area contributed by atoms with Crippen LogP contribution in [0.25, 0.3) is 0 Å². The Balaban J connectivity index is 2.45. The van der Waals surface area contributed by atoms with E-state index in [-0.39, 0.29) is 16.7 Å². The predicted molar refractivity (Wildman–Crippen MR) is 75.4 cm³/mol. The van der Waals surface area contributed by atoms with Crippen molar-refractivity contribution in [1.82, 2.24) is 4.98 Å². The van der Waals surface area contributed by atoms with E-state index in [4.69, 9.17) is 33.0 Å². The highest BCUT2D eigenvalue weighted by Gasteiger charge is 2.17. The van der Waals surface area contributed by atoms with Gasteiger partial charge >= 0.3 is 5.97 Å². The number of aromatic nitrogens is 1. The van der Waals surface area contributed by atoms with E-state index >= 15 is 0 Å². The highest BCUT2D eigenvalue weighted by molar-refractivity contribution is 9.10. The van der Waals surface area contributed by atoms with Crippen LogP contribution in [0.5, 0.6) is 11.6 Å². The van der Waals surface area contributed by atoms with Crippen LogP contribution in [0.4, 0.5) is 4.39 Å². The summed E-state index contributed by atoms with van der Waals surface area (Å²) >= 11 is 15.0. The largest absolute Gasteiger partial charge is 0.477 e. The normalized spacial score (nSPS) is 10.4. The third-order valence-corrected chi connectivity index (χ3v) is 3.72. The average molecular weight is 381 g/mol. The fourth-order valence-corrected chi connectivity index (χ4v) is 2.18. The van der Waals surface area contributed by atoms with E-state index in [9.17, 15) is 9.18 Å². The van der Waals surface area contributed by atoms with Gasteiger partial charge in [-0.1, -0.05) is 23.2 Å². The molecule has 1 aromatic carbocycles. The van der Waals surface area contributed by atoms with Gasteiger partial charge in [-0.05, 0) is 28.1 Å². The molecular weight excluding hydrogens is 376 g/mol. The molecule has 0 radical (unpaired) electrons. The number of carboxylic acids is 1. The molecule has 2 aromatic rings. The molecule has 0 bridgehead atoms. The van der Waals surface area contributed by atoms with Crippen molar-refractivity contribution in [3.8, 4) is 11.6 Å². The SMILES string of the molecule is O=C(O)c1cc(F)cnc1Oc1cc(Cl)c(Br)cc1Cl. The number of carboxylic acid groups (broad SMARTS) is 1. The fraction of sp³-hybridized carbons (Fsp3) is 0. The van der Waals surface area contributed by atoms with Gasteiger partial charge in [-0.25, -0.2) is 14.2 Å². The van der Waals surface area contributed by atoms with Crippen LogP contribution in [-0.2, 0) is 0 Å². The number of hydrogen-bond donors (Lipinski definition) is 1. The molecule has 0 amide bonds. The minimum atomic E-state index is -1.37. The Labute approximate surface area is 131 Å². The minimum absolute atomic E-state index is 0.112. The number of carbonyl (C=O) groups is 1. The van der Waals surface area contributed by atoms with Crippen molar-refractivity contribution in [2.75, 3.05) is 0 Å². The Kier molecular flexibility index (Phi) is 4.47. The predicted octanol–water partition coefficient (Wildman–Crippen LogP) is 4.78. The van der Waals surface area contributed by atoms with Crippen molar-refractivity contribution in [3.63, 3.8) is 0 Å². The zero-order valence-electron chi connectivity index (χ0n) is 9.53. The molecule has 2 rings (SSSR count). The van der Waals surface area contributed by atoms with Crippen molar-refractivity contribution in [1.29, 1.82) is 0 Å². The summed E-state index contributed by atoms with van der Waals surface area (Å²) in [6, 6.07) is 3.69. The summed E-state index contributed by atoms with van der Waals surface area (Å²) in [5.41, 5.74) is -0.417. The molecule has 0 atom stereocenters. The van der Waals surface area contributed by atoms with Gasteiger partial charge in [0.25, 0.3) is 0 Å². The summed E-state index contributed by atoms with van der Waals surface area (Å²) < 4.78 is 18.9. The lowest BCUT2D eigenvalue weighted by molar-refractivity contribution is 0.0692. The molecule has 0 aliphatic carbocycles. The quantitative estimate of drug-likeness (QED) is 0.778. The molecule has 0 unspecified atom stereocenters. The van der Waals surface area contributed by atoms with Gasteiger partial charge in [0.2, 0.25) is 5.88 Å². The van der Waals surface area contributed by atoms with E-state index < -0.39 is 17.3 Å². The first-order chi connectivity index (χ1) is 9.38. The average Bonchev–Trinajstić information content (AvgIpc) is 2.37. The molecule has 1 aromatic heterocycles. The smallest absolute Gasteiger partial charge is 0.341 e. The van der Waals surface area contributed by atoms with Gasteiger partial charge in [-0.2, -0.15) is 0 Å². The first-order valence-corrected chi connectivity index (χ1v) is 6.64. The Morgan fingerprint density at radius 2 is 2.00 bits per heavy atom. The lowest BCUT2D eigenvalue weighted by Gasteiger charge is -2.10. The van der Waals surface area contributed by atoms with Crippen LogP contribution < -0.4 is 4.74 Å². The first kappa shape index (κ1) is 15.0. The number of hydrogen-bond acceptors (Lipinski definition) is 3. The van der Waals surface area contributed by atoms with E-state index in [0.717, 1.165) is 12.3 Å². The van der Waals surface area contributed by atoms with Crippen LogP contribution in [0.2, 0.25) is 10.0 Å². The fourth-order valence-electron chi connectivity index (χ4n) is 1.35. The second-order valence-electron chi connectivity index (χ2n) is 3.61. The number of aromatic carboxylic acids is 1. The Morgan fingerprint density at radius 1 is 1.30 bits per heavy atom. The molecule has 104 valence electrons. The Bertz CT molecular complexity index is 697. The van der Waals surface area contributed by atoms with Crippen molar-refractivity contribution < 1.29 is 19.0 Å². The number of halogens is 4. The van der Waals surface area contributed by atoms with Crippen LogP contribution in [0.1, 0.15) is 10.4 Å². The molecule has 0 saturated heterocycles. The van der Waals surface area contributed by atoms with E-state index in [1.54, 1.807) is 0 Å². The van der Waals surface area contributed by atoms with Gasteiger partial charge in [0.15, 0.2) is 0 Å². The molecular formula is C12H5BrCl2FNO3. The number of benzene rings is 1. The topological polar surface area (TPSA) is 59.4 Å². The summed E-state index contributed by atoms with van der Waals surface area (Å²) in [5.74, 6) is -2.32. The van der Waals surface area contributed by atoms with E-state index in [1.807, 2.05) is 0 Å². The van der Waals surface area contributed by atoms with Crippen LogP contribution in [0.15, 0.2) is 28.9 Å². The van der Waals surface area contributed by atoms with Gasteiger partial charge in [0.05, 0.1) is 16.2 Å². The molecule has 0 spiro atoms. The monoisotopic (exact) mass is 379 g/mol. The number of pyridine rings is 1. The number of rotatable bonds is 3. The molecule has 8 heteroatoms. The minimum Gasteiger partial charge on any atom is -0.477 e.